The molecule has 1 fully saturated rings. The van der Waals surface area contributed by atoms with Crippen molar-refractivity contribution in [2.45, 2.75) is 13.8 Å². The molecule has 1 aliphatic rings. The third kappa shape index (κ3) is 8.10. The van der Waals surface area contributed by atoms with Gasteiger partial charge in [-0.2, -0.15) is 0 Å². The minimum Gasteiger partial charge on any atom is -0.461 e. The van der Waals surface area contributed by atoms with Crippen LogP contribution in [0.4, 0.5) is 0 Å². The third-order valence-corrected chi connectivity index (χ3v) is 5.48. The molecule has 0 amide bonds. The Labute approximate surface area is 202 Å². The van der Waals surface area contributed by atoms with Crippen molar-refractivity contribution in [3.63, 3.8) is 0 Å². The average Bonchev–Trinajstić information content (AvgIpc) is 2.75. The van der Waals surface area contributed by atoms with Crippen molar-refractivity contribution in [3.8, 4) is 0 Å². The predicted molar refractivity (Wildman–Crippen MR) is 130 cm³/mol. The molecule has 2 aromatic rings. The molecule has 0 saturated carbocycles. The van der Waals surface area contributed by atoms with Crippen LogP contribution in [0.3, 0.4) is 0 Å². The quantitative estimate of drug-likeness (QED) is 0.533. The van der Waals surface area contributed by atoms with Gasteiger partial charge in [0, 0.05) is 39.3 Å². The van der Waals surface area contributed by atoms with Crippen molar-refractivity contribution >= 4 is 36.8 Å². The van der Waals surface area contributed by atoms with Crippen LogP contribution in [-0.2, 0) is 9.47 Å². The molecule has 1 aliphatic heterocycles. The van der Waals surface area contributed by atoms with E-state index in [1.165, 1.54) is 0 Å². The van der Waals surface area contributed by atoms with Crippen LogP contribution in [0.1, 0.15) is 31.8 Å². The normalized spacial score (nSPS) is 14.1. The van der Waals surface area contributed by atoms with Crippen molar-refractivity contribution < 1.29 is 19.1 Å². The molecule has 0 spiro atoms. The van der Waals surface area contributed by atoms with Crippen LogP contribution in [0, 0.1) is 13.8 Å². The maximum atomic E-state index is 12.2. The number of rotatable bonds is 8. The van der Waals surface area contributed by atoms with E-state index in [0.29, 0.717) is 24.3 Å². The zero-order valence-electron chi connectivity index (χ0n) is 18.6. The summed E-state index contributed by atoms with van der Waals surface area (Å²) in [5, 5.41) is 0. The number of aryl methyl sites for hydroxylation is 2. The number of piperazine rings is 1. The Morgan fingerprint density at radius 2 is 1.03 bits per heavy atom. The zero-order valence-corrected chi connectivity index (χ0v) is 20.3. The second-order valence-electron chi connectivity index (χ2n) is 7.58. The van der Waals surface area contributed by atoms with E-state index in [1.54, 1.807) is 12.1 Å². The summed E-state index contributed by atoms with van der Waals surface area (Å²) in [5.41, 5.74) is 3.11. The van der Waals surface area contributed by atoms with E-state index < -0.39 is 0 Å². The summed E-state index contributed by atoms with van der Waals surface area (Å²) < 4.78 is 10.9. The second kappa shape index (κ2) is 14.1. The van der Waals surface area contributed by atoms with Gasteiger partial charge >= 0.3 is 11.9 Å². The summed E-state index contributed by atoms with van der Waals surface area (Å²) in [6.45, 7) is 9.70. The van der Waals surface area contributed by atoms with Crippen molar-refractivity contribution in [3.05, 3.63) is 70.8 Å². The fourth-order valence-corrected chi connectivity index (χ4v) is 3.53. The first-order valence-corrected chi connectivity index (χ1v) is 10.4. The first kappa shape index (κ1) is 27.9. The largest absolute Gasteiger partial charge is 0.461 e. The van der Waals surface area contributed by atoms with Crippen molar-refractivity contribution in [1.82, 2.24) is 9.80 Å². The van der Waals surface area contributed by atoms with Crippen LogP contribution in [0.5, 0.6) is 0 Å². The summed E-state index contributed by atoms with van der Waals surface area (Å²) in [6.07, 6.45) is 0. The molecule has 0 N–H and O–H groups in total. The van der Waals surface area contributed by atoms with E-state index in [1.807, 2.05) is 50.2 Å². The smallest absolute Gasteiger partial charge is 0.338 e. The van der Waals surface area contributed by atoms with Crippen LogP contribution in [0.15, 0.2) is 48.5 Å². The standard InChI is InChI=1S/C24H30N2O4.2ClH/c1-19-7-3-5-9-21(19)23(27)29-17-15-25-11-13-26(14-12-25)16-18-30-24(28)22-10-6-4-8-20(22)2;;/h3-10H,11-18H2,1-2H3;2*1H. The fraction of sp³-hybridized carbons (Fsp3) is 0.417. The van der Waals surface area contributed by atoms with Gasteiger partial charge in [-0.1, -0.05) is 36.4 Å². The number of ether oxygens (including phenoxy) is 2. The SMILES string of the molecule is Cc1ccccc1C(=O)OCCN1CCN(CCOC(=O)c2ccccc2C)CC1.Cl.Cl. The highest BCUT2D eigenvalue weighted by molar-refractivity contribution is 5.91. The number of carbonyl (C=O) groups is 2. The minimum atomic E-state index is -0.262. The highest BCUT2D eigenvalue weighted by Gasteiger charge is 2.18. The second-order valence-corrected chi connectivity index (χ2v) is 7.58. The van der Waals surface area contributed by atoms with Crippen LogP contribution in [0.25, 0.3) is 0 Å². The summed E-state index contributed by atoms with van der Waals surface area (Å²) in [5.74, 6) is -0.524. The van der Waals surface area contributed by atoms with Gasteiger partial charge in [-0.05, 0) is 37.1 Å². The Morgan fingerprint density at radius 1 is 0.688 bits per heavy atom. The molecule has 0 radical (unpaired) electrons. The highest BCUT2D eigenvalue weighted by atomic mass is 35.5. The van der Waals surface area contributed by atoms with E-state index >= 15 is 0 Å². The van der Waals surface area contributed by atoms with Crippen LogP contribution < -0.4 is 0 Å². The summed E-state index contributed by atoms with van der Waals surface area (Å²) in [7, 11) is 0. The average molecular weight is 483 g/mol. The maximum Gasteiger partial charge on any atom is 0.338 e. The molecule has 0 atom stereocenters. The maximum absolute atomic E-state index is 12.2. The first-order valence-electron chi connectivity index (χ1n) is 10.4. The molecule has 1 heterocycles. The number of halogens is 2. The molecule has 2 aromatic carbocycles. The topological polar surface area (TPSA) is 59.1 Å². The molecular formula is C24H32Cl2N2O4. The zero-order chi connectivity index (χ0) is 21.3. The lowest BCUT2D eigenvalue weighted by Crippen LogP contribution is -2.48. The highest BCUT2D eigenvalue weighted by Crippen LogP contribution is 2.10. The minimum absolute atomic E-state index is 0. The first-order chi connectivity index (χ1) is 14.5. The molecule has 32 heavy (non-hydrogen) atoms. The van der Waals surface area contributed by atoms with Crippen molar-refractivity contribution in [1.29, 1.82) is 0 Å². The number of nitrogens with zero attached hydrogens (tertiary/aromatic N) is 2. The van der Waals surface area contributed by atoms with Gasteiger partial charge in [0.1, 0.15) is 13.2 Å². The summed E-state index contributed by atoms with van der Waals surface area (Å²) >= 11 is 0. The number of esters is 2. The van der Waals surface area contributed by atoms with Crippen molar-refractivity contribution in [2.24, 2.45) is 0 Å². The van der Waals surface area contributed by atoms with Gasteiger partial charge in [-0.25, -0.2) is 9.59 Å². The number of hydrogen-bond acceptors (Lipinski definition) is 6. The monoisotopic (exact) mass is 482 g/mol. The van der Waals surface area contributed by atoms with E-state index in [0.717, 1.165) is 50.4 Å². The molecule has 0 unspecified atom stereocenters. The van der Waals surface area contributed by atoms with E-state index in [4.69, 9.17) is 9.47 Å². The van der Waals surface area contributed by atoms with E-state index in [9.17, 15) is 9.59 Å². The summed E-state index contributed by atoms with van der Waals surface area (Å²) in [6, 6.07) is 14.9. The third-order valence-electron chi connectivity index (χ3n) is 5.48. The Kier molecular flexibility index (Phi) is 12.3. The van der Waals surface area contributed by atoms with Gasteiger partial charge in [0.15, 0.2) is 0 Å². The van der Waals surface area contributed by atoms with Gasteiger partial charge in [-0.15, -0.1) is 24.8 Å². The lowest BCUT2D eigenvalue weighted by atomic mass is 10.1. The van der Waals surface area contributed by atoms with E-state index in [-0.39, 0.29) is 36.8 Å². The van der Waals surface area contributed by atoms with Gasteiger partial charge < -0.3 is 9.47 Å². The van der Waals surface area contributed by atoms with Gasteiger partial charge in [0.25, 0.3) is 0 Å². The fourth-order valence-electron chi connectivity index (χ4n) is 3.53. The number of benzene rings is 2. The van der Waals surface area contributed by atoms with Gasteiger partial charge in [0.2, 0.25) is 0 Å². The lowest BCUT2D eigenvalue weighted by molar-refractivity contribution is 0.0351. The van der Waals surface area contributed by atoms with Crippen molar-refractivity contribution in [2.75, 3.05) is 52.5 Å². The Bertz CT molecular complexity index is 799. The molecule has 6 nitrogen and oxygen atoms in total. The lowest BCUT2D eigenvalue weighted by Gasteiger charge is -2.34. The van der Waals surface area contributed by atoms with Crippen LogP contribution >= 0.6 is 24.8 Å². The number of carbonyl (C=O) groups excluding carboxylic acids is 2. The Morgan fingerprint density at radius 3 is 1.38 bits per heavy atom. The molecule has 0 aromatic heterocycles. The Balaban J connectivity index is 0.00000256. The predicted octanol–water partition coefficient (Wildman–Crippen LogP) is 3.78. The number of hydrogen-bond donors (Lipinski definition) is 0. The molecule has 176 valence electrons. The van der Waals surface area contributed by atoms with Gasteiger partial charge in [0.05, 0.1) is 11.1 Å². The summed E-state index contributed by atoms with van der Waals surface area (Å²) in [4.78, 5) is 28.9. The molecule has 8 heteroatoms. The molecule has 3 rings (SSSR count). The van der Waals surface area contributed by atoms with E-state index in [2.05, 4.69) is 9.80 Å². The molecular weight excluding hydrogens is 451 g/mol. The van der Waals surface area contributed by atoms with Crippen LogP contribution in [-0.4, -0.2) is 74.2 Å². The molecule has 1 saturated heterocycles. The van der Waals surface area contributed by atoms with Crippen LogP contribution in [0.2, 0.25) is 0 Å². The molecule has 0 aliphatic carbocycles. The van der Waals surface area contributed by atoms with Gasteiger partial charge in [-0.3, -0.25) is 9.80 Å². The molecule has 0 bridgehead atoms. The Hall–Kier alpha value is -2.12.